The third-order valence-corrected chi connectivity index (χ3v) is 5.07. The van der Waals surface area contributed by atoms with Crippen LogP contribution in [0.2, 0.25) is 0 Å². The second-order valence-electron chi connectivity index (χ2n) is 6.54. The van der Waals surface area contributed by atoms with Crippen molar-refractivity contribution in [3.63, 3.8) is 0 Å². The summed E-state index contributed by atoms with van der Waals surface area (Å²) in [6.45, 7) is 7.45. The Labute approximate surface area is 154 Å². The topological polar surface area (TPSA) is 41.5 Å². The van der Waals surface area contributed by atoms with Crippen LogP contribution in [0.3, 0.4) is 0 Å². The molecule has 4 rings (SSSR count). The van der Waals surface area contributed by atoms with Gasteiger partial charge in [0, 0.05) is 37.6 Å². The highest BCUT2D eigenvalue weighted by atomic mass is 16.5. The lowest BCUT2D eigenvalue weighted by atomic mass is 10.0. The van der Waals surface area contributed by atoms with Gasteiger partial charge in [0.25, 0.3) is 0 Å². The van der Waals surface area contributed by atoms with Gasteiger partial charge in [0.05, 0.1) is 7.11 Å². The molecule has 1 aliphatic rings. The highest BCUT2D eigenvalue weighted by Crippen LogP contribution is 2.32. The van der Waals surface area contributed by atoms with Gasteiger partial charge in [-0.1, -0.05) is 37.3 Å². The minimum Gasteiger partial charge on any atom is -0.481 e. The van der Waals surface area contributed by atoms with Crippen molar-refractivity contribution in [1.82, 2.24) is 14.9 Å². The van der Waals surface area contributed by atoms with Gasteiger partial charge in [0.2, 0.25) is 5.88 Å². The van der Waals surface area contributed by atoms with E-state index in [-0.39, 0.29) is 0 Å². The van der Waals surface area contributed by atoms with E-state index in [1.807, 2.05) is 12.1 Å². The number of hydrogen-bond donors (Lipinski definition) is 0. The first kappa shape index (κ1) is 16.8. The quantitative estimate of drug-likeness (QED) is 0.722. The van der Waals surface area contributed by atoms with Crippen LogP contribution < -0.4 is 9.64 Å². The smallest absolute Gasteiger partial charge is 0.215 e. The summed E-state index contributed by atoms with van der Waals surface area (Å²) >= 11 is 0. The monoisotopic (exact) mass is 348 g/mol. The number of methoxy groups -OCH3 is 1. The molecule has 0 atom stereocenters. The van der Waals surface area contributed by atoms with Gasteiger partial charge in [-0.15, -0.1) is 0 Å². The Morgan fingerprint density at radius 3 is 2.42 bits per heavy atom. The highest BCUT2D eigenvalue weighted by molar-refractivity contribution is 5.94. The van der Waals surface area contributed by atoms with Crippen LogP contribution in [0.5, 0.6) is 5.88 Å². The molecule has 1 aliphatic heterocycles. The normalized spacial score (nSPS) is 15.4. The standard InChI is InChI=1S/C21H24N4O/c1-3-24-11-13-25(14-12-24)19-15-18(16-7-5-4-6-8-16)17-9-10-20(26-2)23-21(17)22-19/h4-10,15H,3,11-14H2,1-2H3. The lowest BCUT2D eigenvalue weighted by Gasteiger charge is -2.35. The SMILES string of the molecule is CCN1CCN(c2cc(-c3ccccc3)c3ccc(OC)nc3n2)CC1. The third-order valence-electron chi connectivity index (χ3n) is 5.07. The molecule has 2 aromatic heterocycles. The second-order valence-corrected chi connectivity index (χ2v) is 6.54. The summed E-state index contributed by atoms with van der Waals surface area (Å²) in [7, 11) is 1.64. The Hall–Kier alpha value is -2.66. The molecule has 5 nitrogen and oxygen atoms in total. The van der Waals surface area contributed by atoms with E-state index in [0.717, 1.165) is 49.6 Å². The van der Waals surface area contributed by atoms with Gasteiger partial charge in [0.15, 0.2) is 5.65 Å². The zero-order valence-electron chi connectivity index (χ0n) is 15.4. The third kappa shape index (κ3) is 3.22. The van der Waals surface area contributed by atoms with Crippen LogP contribution in [-0.2, 0) is 0 Å². The lowest BCUT2D eigenvalue weighted by Crippen LogP contribution is -2.46. The maximum Gasteiger partial charge on any atom is 0.215 e. The van der Waals surface area contributed by atoms with Crippen molar-refractivity contribution >= 4 is 16.9 Å². The predicted molar refractivity (Wildman–Crippen MR) is 106 cm³/mol. The summed E-state index contributed by atoms with van der Waals surface area (Å²) in [6.07, 6.45) is 0. The van der Waals surface area contributed by atoms with E-state index in [2.05, 4.69) is 58.1 Å². The molecule has 5 heteroatoms. The van der Waals surface area contributed by atoms with Crippen molar-refractivity contribution in [2.45, 2.75) is 6.92 Å². The summed E-state index contributed by atoms with van der Waals surface area (Å²) in [5.41, 5.74) is 3.08. The molecule has 26 heavy (non-hydrogen) atoms. The molecular weight excluding hydrogens is 324 g/mol. The molecule has 1 aromatic carbocycles. The Balaban J connectivity index is 1.81. The Kier molecular flexibility index (Phi) is 4.71. The van der Waals surface area contributed by atoms with Crippen LogP contribution in [0.1, 0.15) is 6.92 Å². The summed E-state index contributed by atoms with van der Waals surface area (Å²) in [5, 5.41) is 1.05. The van der Waals surface area contributed by atoms with Crippen LogP contribution in [-0.4, -0.2) is 54.7 Å². The first-order valence-corrected chi connectivity index (χ1v) is 9.17. The van der Waals surface area contributed by atoms with Gasteiger partial charge in [0.1, 0.15) is 5.82 Å². The van der Waals surface area contributed by atoms with E-state index in [1.165, 1.54) is 11.1 Å². The van der Waals surface area contributed by atoms with Crippen LogP contribution in [0.25, 0.3) is 22.2 Å². The van der Waals surface area contributed by atoms with Gasteiger partial charge in [-0.2, -0.15) is 4.98 Å². The van der Waals surface area contributed by atoms with Crippen molar-refractivity contribution < 1.29 is 4.74 Å². The molecule has 0 spiro atoms. The van der Waals surface area contributed by atoms with Crippen LogP contribution in [0.15, 0.2) is 48.5 Å². The van der Waals surface area contributed by atoms with Gasteiger partial charge in [-0.05, 0) is 29.8 Å². The number of fused-ring (bicyclic) bond motifs is 1. The van der Waals surface area contributed by atoms with Gasteiger partial charge >= 0.3 is 0 Å². The first-order chi connectivity index (χ1) is 12.8. The zero-order valence-corrected chi connectivity index (χ0v) is 15.4. The fourth-order valence-electron chi connectivity index (χ4n) is 3.50. The lowest BCUT2D eigenvalue weighted by molar-refractivity contribution is 0.270. The van der Waals surface area contributed by atoms with Gasteiger partial charge in [-0.3, -0.25) is 0 Å². The minimum absolute atomic E-state index is 0.594. The van der Waals surface area contributed by atoms with E-state index in [0.29, 0.717) is 5.88 Å². The number of piperazine rings is 1. The molecule has 0 saturated carbocycles. The van der Waals surface area contributed by atoms with Crippen LogP contribution >= 0.6 is 0 Å². The van der Waals surface area contributed by atoms with E-state index >= 15 is 0 Å². The fraction of sp³-hybridized carbons (Fsp3) is 0.333. The van der Waals surface area contributed by atoms with E-state index in [1.54, 1.807) is 7.11 Å². The van der Waals surface area contributed by atoms with E-state index < -0.39 is 0 Å². The second kappa shape index (κ2) is 7.30. The minimum atomic E-state index is 0.594. The molecule has 0 amide bonds. The molecular formula is C21H24N4O. The summed E-state index contributed by atoms with van der Waals surface area (Å²) in [4.78, 5) is 14.3. The number of aromatic nitrogens is 2. The van der Waals surface area contributed by atoms with E-state index in [4.69, 9.17) is 9.72 Å². The van der Waals surface area contributed by atoms with Gasteiger partial charge in [-0.25, -0.2) is 4.98 Å². The molecule has 3 aromatic rings. The number of nitrogens with zero attached hydrogens (tertiary/aromatic N) is 4. The number of anilines is 1. The number of ether oxygens (including phenoxy) is 1. The number of pyridine rings is 2. The molecule has 1 fully saturated rings. The number of rotatable bonds is 4. The molecule has 0 unspecified atom stereocenters. The van der Waals surface area contributed by atoms with Crippen molar-refractivity contribution in [3.05, 3.63) is 48.5 Å². The average molecular weight is 348 g/mol. The molecule has 134 valence electrons. The maximum atomic E-state index is 5.31. The van der Waals surface area contributed by atoms with Gasteiger partial charge < -0.3 is 14.5 Å². The number of hydrogen-bond acceptors (Lipinski definition) is 5. The predicted octanol–water partition coefficient (Wildman–Crippen LogP) is 3.45. The number of benzene rings is 1. The summed E-state index contributed by atoms with van der Waals surface area (Å²) in [6, 6.07) is 16.6. The molecule has 1 saturated heterocycles. The molecule has 0 radical (unpaired) electrons. The Bertz CT molecular complexity index is 889. The zero-order chi connectivity index (χ0) is 17.9. The largest absolute Gasteiger partial charge is 0.481 e. The molecule has 0 bridgehead atoms. The van der Waals surface area contributed by atoms with Crippen LogP contribution in [0, 0.1) is 0 Å². The maximum absolute atomic E-state index is 5.31. The first-order valence-electron chi connectivity index (χ1n) is 9.17. The average Bonchev–Trinajstić information content (AvgIpc) is 2.73. The Morgan fingerprint density at radius 2 is 1.73 bits per heavy atom. The molecule has 0 aliphatic carbocycles. The summed E-state index contributed by atoms with van der Waals surface area (Å²) < 4.78 is 5.31. The van der Waals surface area contributed by atoms with Crippen LogP contribution in [0.4, 0.5) is 5.82 Å². The highest BCUT2D eigenvalue weighted by Gasteiger charge is 2.19. The fourth-order valence-corrected chi connectivity index (χ4v) is 3.50. The van der Waals surface area contributed by atoms with Crippen molar-refractivity contribution in [2.75, 3.05) is 44.7 Å². The molecule has 3 heterocycles. The van der Waals surface area contributed by atoms with Crippen molar-refractivity contribution in [3.8, 4) is 17.0 Å². The van der Waals surface area contributed by atoms with E-state index in [9.17, 15) is 0 Å². The summed E-state index contributed by atoms with van der Waals surface area (Å²) in [5.74, 6) is 1.59. The molecule has 0 N–H and O–H groups in total. The van der Waals surface area contributed by atoms with Crippen molar-refractivity contribution in [1.29, 1.82) is 0 Å². The number of likely N-dealkylation sites (N-methyl/N-ethyl adjacent to an activating group) is 1. The Morgan fingerprint density at radius 1 is 0.962 bits per heavy atom. The van der Waals surface area contributed by atoms with Crippen molar-refractivity contribution in [2.24, 2.45) is 0 Å².